The van der Waals surface area contributed by atoms with Crippen LogP contribution >= 0.6 is 0 Å². The second kappa shape index (κ2) is 5.72. The standard InChI is InChI=1S/C11H18N2O2/c12-9-11(5-2-1-3-6-11)10(15)13-7-4-8-14/h14H,1-8H2,(H,13,15). The predicted octanol–water partition coefficient (Wildman–Crippen LogP) is 0.959. The number of hydrogen-bond donors (Lipinski definition) is 2. The van der Waals surface area contributed by atoms with Crippen LogP contribution in [0.15, 0.2) is 0 Å². The number of nitrogens with one attached hydrogen (secondary N) is 1. The van der Waals surface area contributed by atoms with Crippen molar-refractivity contribution in [2.75, 3.05) is 13.2 Å². The topological polar surface area (TPSA) is 73.1 Å². The van der Waals surface area contributed by atoms with E-state index in [0.29, 0.717) is 25.8 Å². The van der Waals surface area contributed by atoms with Gasteiger partial charge in [0.25, 0.3) is 0 Å². The maximum Gasteiger partial charge on any atom is 0.240 e. The molecule has 0 spiro atoms. The Hall–Kier alpha value is -1.08. The van der Waals surface area contributed by atoms with Crippen LogP contribution in [0.5, 0.6) is 0 Å². The fourth-order valence-electron chi connectivity index (χ4n) is 2.00. The van der Waals surface area contributed by atoms with Crippen LogP contribution in [-0.4, -0.2) is 24.2 Å². The maximum atomic E-state index is 11.8. The van der Waals surface area contributed by atoms with Crippen molar-refractivity contribution >= 4 is 5.91 Å². The van der Waals surface area contributed by atoms with Gasteiger partial charge < -0.3 is 10.4 Å². The van der Waals surface area contributed by atoms with Gasteiger partial charge in [0.2, 0.25) is 5.91 Å². The summed E-state index contributed by atoms with van der Waals surface area (Å²) in [5.74, 6) is -0.154. The first-order valence-corrected chi connectivity index (χ1v) is 5.55. The first kappa shape index (κ1) is 12.0. The molecule has 0 aromatic heterocycles. The van der Waals surface area contributed by atoms with Crippen molar-refractivity contribution in [1.29, 1.82) is 5.26 Å². The van der Waals surface area contributed by atoms with Gasteiger partial charge in [-0.25, -0.2) is 0 Å². The minimum atomic E-state index is -0.798. The Balaban J connectivity index is 2.50. The van der Waals surface area contributed by atoms with Crippen molar-refractivity contribution in [2.45, 2.75) is 38.5 Å². The van der Waals surface area contributed by atoms with Gasteiger partial charge in [0.1, 0.15) is 5.41 Å². The molecule has 1 aliphatic rings. The van der Waals surface area contributed by atoms with Gasteiger partial charge in [0.05, 0.1) is 6.07 Å². The lowest BCUT2D eigenvalue weighted by atomic mass is 9.74. The molecule has 1 saturated carbocycles. The minimum Gasteiger partial charge on any atom is -0.396 e. The number of carbonyl (C=O) groups excluding carboxylic acids is 1. The Kier molecular flexibility index (Phi) is 4.57. The van der Waals surface area contributed by atoms with Gasteiger partial charge >= 0.3 is 0 Å². The summed E-state index contributed by atoms with van der Waals surface area (Å²) in [4.78, 5) is 11.8. The van der Waals surface area contributed by atoms with Crippen molar-refractivity contribution in [3.63, 3.8) is 0 Å². The second-order valence-electron chi connectivity index (χ2n) is 4.09. The summed E-state index contributed by atoms with van der Waals surface area (Å²) in [7, 11) is 0. The van der Waals surface area contributed by atoms with E-state index in [1.54, 1.807) is 0 Å². The third-order valence-electron chi connectivity index (χ3n) is 2.98. The summed E-state index contributed by atoms with van der Waals surface area (Å²) in [6.45, 7) is 0.526. The number of aliphatic hydroxyl groups is 1. The highest BCUT2D eigenvalue weighted by atomic mass is 16.3. The first-order valence-electron chi connectivity index (χ1n) is 5.55. The Morgan fingerprint density at radius 3 is 2.60 bits per heavy atom. The van der Waals surface area contributed by atoms with Crippen LogP contribution in [0.3, 0.4) is 0 Å². The average molecular weight is 210 g/mol. The van der Waals surface area contributed by atoms with E-state index < -0.39 is 5.41 Å². The molecule has 1 fully saturated rings. The highest BCUT2D eigenvalue weighted by Gasteiger charge is 2.39. The molecule has 0 aliphatic heterocycles. The number of rotatable bonds is 4. The van der Waals surface area contributed by atoms with Gasteiger partial charge in [-0.1, -0.05) is 19.3 Å². The summed E-state index contributed by atoms with van der Waals surface area (Å²) >= 11 is 0. The number of nitrogens with zero attached hydrogens (tertiary/aromatic N) is 1. The number of carbonyl (C=O) groups is 1. The van der Waals surface area contributed by atoms with Gasteiger partial charge in [-0.2, -0.15) is 5.26 Å². The van der Waals surface area contributed by atoms with E-state index >= 15 is 0 Å². The molecule has 0 aromatic rings. The molecule has 0 unspecified atom stereocenters. The van der Waals surface area contributed by atoms with Crippen LogP contribution < -0.4 is 5.32 Å². The lowest BCUT2D eigenvalue weighted by Crippen LogP contribution is -2.41. The summed E-state index contributed by atoms with van der Waals surface area (Å²) in [5.41, 5.74) is -0.798. The van der Waals surface area contributed by atoms with E-state index in [0.717, 1.165) is 19.3 Å². The Morgan fingerprint density at radius 2 is 2.07 bits per heavy atom. The third kappa shape index (κ3) is 2.93. The highest BCUT2D eigenvalue weighted by Crippen LogP contribution is 2.35. The van der Waals surface area contributed by atoms with Crippen molar-refractivity contribution in [2.24, 2.45) is 5.41 Å². The Morgan fingerprint density at radius 1 is 1.40 bits per heavy atom. The fourth-order valence-corrected chi connectivity index (χ4v) is 2.00. The van der Waals surface area contributed by atoms with Crippen LogP contribution in [0.25, 0.3) is 0 Å². The van der Waals surface area contributed by atoms with Crippen LogP contribution in [0, 0.1) is 16.7 Å². The molecule has 4 nitrogen and oxygen atoms in total. The zero-order chi connectivity index (χ0) is 11.1. The normalized spacial score (nSPS) is 19.2. The average Bonchev–Trinajstić information content (AvgIpc) is 2.30. The third-order valence-corrected chi connectivity index (χ3v) is 2.98. The summed E-state index contributed by atoms with van der Waals surface area (Å²) in [6, 6.07) is 2.17. The van der Waals surface area contributed by atoms with Gasteiger partial charge in [-0.15, -0.1) is 0 Å². The molecule has 84 valence electrons. The summed E-state index contributed by atoms with van der Waals surface area (Å²) < 4.78 is 0. The lowest BCUT2D eigenvalue weighted by Gasteiger charge is -2.29. The zero-order valence-corrected chi connectivity index (χ0v) is 8.96. The number of amides is 1. The highest BCUT2D eigenvalue weighted by molar-refractivity contribution is 5.85. The zero-order valence-electron chi connectivity index (χ0n) is 8.96. The summed E-state index contributed by atoms with van der Waals surface area (Å²) in [5, 5.41) is 20.4. The lowest BCUT2D eigenvalue weighted by molar-refractivity contribution is -0.129. The maximum absolute atomic E-state index is 11.8. The van der Waals surface area contributed by atoms with Crippen LogP contribution in [0.1, 0.15) is 38.5 Å². The van der Waals surface area contributed by atoms with Crippen molar-refractivity contribution < 1.29 is 9.90 Å². The number of hydrogen-bond acceptors (Lipinski definition) is 3. The van der Waals surface area contributed by atoms with Crippen molar-refractivity contribution in [3.05, 3.63) is 0 Å². The molecule has 2 N–H and O–H groups in total. The summed E-state index contributed by atoms with van der Waals surface area (Å²) in [6.07, 6.45) is 4.94. The van der Waals surface area contributed by atoms with E-state index in [4.69, 9.17) is 10.4 Å². The molecule has 0 aromatic carbocycles. The van der Waals surface area contributed by atoms with E-state index in [1.165, 1.54) is 0 Å². The molecule has 0 saturated heterocycles. The van der Waals surface area contributed by atoms with Crippen molar-refractivity contribution in [1.82, 2.24) is 5.32 Å². The second-order valence-corrected chi connectivity index (χ2v) is 4.09. The minimum absolute atomic E-state index is 0.0693. The van der Waals surface area contributed by atoms with E-state index in [2.05, 4.69) is 11.4 Å². The molecule has 1 aliphatic carbocycles. The monoisotopic (exact) mass is 210 g/mol. The molecule has 15 heavy (non-hydrogen) atoms. The first-order chi connectivity index (χ1) is 7.25. The molecule has 0 radical (unpaired) electrons. The van der Waals surface area contributed by atoms with E-state index in [1.807, 2.05) is 0 Å². The van der Waals surface area contributed by atoms with E-state index in [9.17, 15) is 4.79 Å². The Bertz CT molecular complexity index is 252. The molecular formula is C11H18N2O2. The van der Waals surface area contributed by atoms with Gasteiger partial charge in [-0.05, 0) is 19.3 Å². The van der Waals surface area contributed by atoms with Gasteiger partial charge in [0, 0.05) is 13.2 Å². The fraction of sp³-hybridized carbons (Fsp3) is 0.818. The molecule has 1 rings (SSSR count). The number of aliphatic hydroxyl groups excluding tert-OH is 1. The quantitative estimate of drug-likeness (QED) is 0.679. The van der Waals surface area contributed by atoms with Crippen LogP contribution in [0.2, 0.25) is 0 Å². The van der Waals surface area contributed by atoms with Gasteiger partial charge in [-0.3, -0.25) is 4.79 Å². The van der Waals surface area contributed by atoms with Crippen LogP contribution in [-0.2, 0) is 4.79 Å². The molecule has 0 bridgehead atoms. The Labute approximate surface area is 90.3 Å². The van der Waals surface area contributed by atoms with Crippen LogP contribution in [0.4, 0.5) is 0 Å². The molecule has 4 heteroatoms. The van der Waals surface area contributed by atoms with Gasteiger partial charge in [0.15, 0.2) is 0 Å². The van der Waals surface area contributed by atoms with Crippen molar-refractivity contribution in [3.8, 4) is 6.07 Å². The smallest absolute Gasteiger partial charge is 0.240 e. The predicted molar refractivity (Wildman–Crippen MR) is 55.8 cm³/mol. The molecule has 1 amide bonds. The molecule has 0 atom stereocenters. The molecular weight excluding hydrogens is 192 g/mol. The van der Waals surface area contributed by atoms with E-state index in [-0.39, 0.29) is 12.5 Å². The number of nitriles is 1. The molecule has 0 heterocycles. The largest absolute Gasteiger partial charge is 0.396 e. The SMILES string of the molecule is N#CC1(C(=O)NCCCO)CCCCC1.